The van der Waals surface area contributed by atoms with Gasteiger partial charge in [0, 0.05) is 11.4 Å². The first-order chi connectivity index (χ1) is 10.0. The summed E-state index contributed by atoms with van der Waals surface area (Å²) in [5.74, 6) is 0.164. The maximum Gasteiger partial charge on any atom is 0.586 e. The lowest BCUT2D eigenvalue weighted by molar-refractivity contribution is -0.286. The zero-order valence-corrected chi connectivity index (χ0v) is 12.1. The monoisotopic (exact) mass is 312 g/mol. The first-order valence-corrected chi connectivity index (χ1v) is 7.48. The lowest BCUT2D eigenvalue weighted by Gasteiger charge is -2.11. The molecule has 0 spiro atoms. The van der Waals surface area contributed by atoms with E-state index in [0.29, 0.717) is 13.0 Å². The first kappa shape index (κ1) is 14.2. The average molecular weight is 312 g/mol. The topological polar surface area (TPSA) is 43.4 Å². The van der Waals surface area contributed by atoms with Gasteiger partial charge in [-0.05, 0) is 37.6 Å². The van der Waals surface area contributed by atoms with Crippen molar-refractivity contribution in [3.63, 3.8) is 0 Å². The Morgan fingerprint density at radius 3 is 2.90 bits per heavy atom. The summed E-state index contributed by atoms with van der Waals surface area (Å²) < 4.78 is 34.6. The number of rotatable bonds is 5. The van der Waals surface area contributed by atoms with Gasteiger partial charge in [0.05, 0.1) is 11.2 Å². The van der Waals surface area contributed by atoms with E-state index in [-0.39, 0.29) is 17.5 Å². The number of thiazole rings is 1. The Hall–Kier alpha value is -1.73. The smallest absolute Gasteiger partial charge is 0.395 e. The highest BCUT2D eigenvalue weighted by Gasteiger charge is 2.43. The summed E-state index contributed by atoms with van der Waals surface area (Å²) in [5, 5.41) is 5.34. The molecule has 1 aliphatic rings. The zero-order valence-electron chi connectivity index (χ0n) is 11.3. The molecule has 21 heavy (non-hydrogen) atoms. The van der Waals surface area contributed by atoms with Gasteiger partial charge in [0.25, 0.3) is 0 Å². The van der Waals surface area contributed by atoms with Gasteiger partial charge in [-0.15, -0.1) is 20.1 Å². The molecule has 4 nitrogen and oxygen atoms in total. The van der Waals surface area contributed by atoms with Gasteiger partial charge < -0.3 is 14.8 Å². The molecule has 2 heterocycles. The highest BCUT2D eigenvalue weighted by atomic mass is 32.1. The summed E-state index contributed by atoms with van der Waals surface area (Å²) in [5.41, 5.74) is 3.71. The molecule has 1 aromatic heterocycles. The van der Waals surface area contributed by atoms with Crippen LogP contribution in [0.2, 0.25) is 0 Å². The molecule has 1 aromatic carbocycles. The molecule has 0 saturated heterocycles. The minimum atomic E-state index is -3.56. The highest BCUT2D eigenvalue weighted by molar-refractivity contribution is 7.07. The van der Waals surface area contributed by atoms with Crippen molar-refractivity contribution >= 4 is 11.3 Å². The predicted octanol–water partition coefficient (Wildman–Crippen LogP) is 3.36. The molecule has 0 radical (unpaired) electrons. The molecule has 2 aromatic rings. The number of nitrogens with one attached hydrogen (secondary N) is 1. The first-order valence-electron chi connectivity index (χ1n) is 6.54. The maximum atomic E-state index is 12.9. The van der Waals surface area contributed by atoms with Crippen LogP contribution in [-0.4, -0.2) is 17.8 Å². The Bertz CT molecular complexity index is 619. The van der Waals surface area contributed by atoms with E-state index in [1.165, 1.54) is 6.07 Å². The van der Waals surface area contributed by atoms with Gasteiger partial charge in [0.2, 0.25) is 0 Å². The van der Waals surface area contributed by atoms with Crippen molar-refractivity contribution in [1.82, 2.24) is 10.3 Å². The van der Waals surface area contributed by atoms with Crippen LogP contribution in [0.5, 0.6) is 11.5 Å². The fourth-order valence-electron chi connectivity index (χ4n) is 2.12. The van der Waals surface area contributed by atoms with E-state index >= 15 is 0 Å². The van der Waals surface area contributed by atoms with Crippen molar-refractivity contribution in [2.24, 2.45) is 0 Å². The molecule has 0 fully saturated rings. The second-order valence-corrected chi connectivity index (χ2v) is 5.51. The molecule has 1 atom stereocenters. The number of aromatic nitrogens is 1. The Labute approximate surface area is 124 Å². The van der Waals surface area contributed by atoms with Crippen LogP contribution < -0.4 is 14.8 Å². The van der Waals surface area contributed by atoms with Crippen molar-refractivity contribution in [1.29, 1.82) is 0 Å². The zero-order chi connectivity index (χ0) is 14.9. The van der Waals surface area contributed by atoms with Crippen LogP contribution in [0, 0.1) is 0 Å². The molecule has 7 heteroatoms. The summed E-state index contributed by atoms with van der Waals surface area (Å²) in [4.78, 5) is 4.24. The van der Waals surface area contributed by atoms with Crippen molar-refractivity contribution in [3.05, 3.63) is 40.3 Å². The molecule has 0 amide bonds. The number of nitrogens with zero attached hydrogens (tertiary/aromatic N) is 1. The third kappa shape index (κ3) is 3.30. The van der Waals surface area contributed by atoms with E-state index in [2.05, 4.69) is 19.8 Å². The minimum Gasteiger partial charge on any atom is -0.395 e. The van der Waals surface area contributed by atoms with Crippen LogP contribution >= 0.6 is 11.3 Å². The number of hydrogen-bond donors (Lipinski definition) is 1. The lowest BCUT2D eigenvalue weighted by Crippen LogP contribution is -2.25. The highest BCUT2D eigenvalue weighted by Crippen LogP contribution is 2.41. The fourth-order valence-corrected chi connectivity index (χ4v) is 2.77. The van der Waals surface area contributed by atoms with Gasteiger partial charge in [0.1, 0.15) is 0 Å². The van der Waals surface area contributed by atoms with Gasteiger partial charge in [-0.2, -0.15) is 0 Å². The van der Waals surface area contributed by atoms with Gasteiger partial charge in [-0.1, -0.05) is 6.07 Å². The average Bonchev–Trinajstić information content (AvgIpc) is 3.03. The van der Waals surface area contributed by atoms with Crippen molar-refractivity contribution in [2.45, 2.75) is 25.7 Å². The van der Waals surface area contributed by atoms with Gasteiger partial charge >= 0.3 is 6.29 Å². The summed E-state index contributed by atoms with van der Waals surface area (Å²) in [7, 11) is 0. The number of halogens is 2. The molecule has 1 N–H and O–H groups in total. The van der Waals surface area contributed by atoms with Crippen LogP contribution in [-0.2, 0) is 6.42 Å². The van der Waals surface area contributed by atoms with Crippen molar-refractivity contribution < 1.29 is 18.3 Å². The predicted molar refractivity (Wildman–Crippen MR) is 74.9 cm³/mol. The molecular weight excluding hydrogens is 298 g/mol. The number of ether oxygens (including phenoxy) is 2. The fraction of sp³-hybridized carbons (Fsp3) is 0.357. The molecule has 0 aliphatic carbocycles. The Morgan fingerprint density at radius 2 is 2.14 bits per heavy atom. The van der Waals surface area contributed by atoms with Crippen LogP contribution in [0.15, 0.2) is 29.1 Å². The quantitative estimate of drug-likeness (QED) is 0.919. The van der Waals surface area contributed by atoms with Crippen molar-refractivity contribution in [2.75, 3.05) is 6.54 Å². The van der Waals surface area contributed by atoms with E-state index in [1.807, 2.05) is 12.3 Å². The normalized spacial score (nSPS) is 16.9. The van der Waals surface area contributed by atoms with Gasteiger partial charge in [-0.3, -0.25) is 0 Å². The second-order valence-electron chi connectivity index (χ2n) is 4.79. The summed E-state index contributed by atoms with van der Waals surface area (Å²) in [6.45, 7) is 2.75. The SMILES string of the molecule is CC(NCCc1ccc2c(c1)OC(F)(F)O2)c1cscn1. The van der Waals surface area contributed by atoms with Crippen LogP contribution in [0.4, 0.5) is 8.78 Å². The molecule has 112 valence electrons. The lowest BCUT2D eigenvalue weighted by atomic mass is 10.1. The summed E-state index contributed by atoms with van der Waals surface area (Å²) in [6, 6.07) is 5.02. The van der Waals surface area contributed by atoms with Crippen LogP contribution in [0.1, 0.15) is 24.2 Å². The third-order valence-electron chi connectivity index (χ3n) is 3.22. The molecule has 0 bridgehead atoms. The number of alkyl halides is 2. The Morgan fingerprint density at radius 1 is 1.33 bits per heavy atom. The molecule has 0 saturated carbocycles. The Balaban J connectivity index is 1.55. The molecule has 1 aliphatic heterocycles. The van der Waals surface area contributed by atoms with Crippen LogP contribution in [0.3, 0.4) is 0 Å². The molecule has 1 unspecified atom stereocenters. The summed E-state index contributed by atoms with van der Waals surface area (Å²) in [6.07, 6.45) is -2.85. The molecular formula is C14H14F2N2O2S. The largest absolute Gasteiger partial charge is 0.586 e. The number of fused-ring (bicyclic) bond motifs is 1. The van der Waals surface area contributed by atoms with E-state index < -0.39 is 6.29 Å². The minimum absolute atomic E-state index is 0.0764. The van der Waals surface area contributed by atoms with Gasteiger partial charge in [0.15, 0.2) is 11.5 Å². The van der Waals surface area contributed by atoms with E-state index in [9.17, 15) is 8.78 Å². The second kappa shape index (κ2) is 5.57. The number of hydrogen-bond acceptors (Lipinski definition) is 5. The Kier molecular flexibility index (Phi) is 3.77. The third-order valence-corrected chi connectivity index (χ3v) is 3.83. The van der Waals surface area contributed by atoms with Gasteiger partial charge in [-0.25, -0.2) is 4.98 Å². The molecule has 3 rings (SSSR count). The van der Waals surface area contributed by atoms with Crippen LogP contribution in [0.25, 0.3) is 0 Å². The maximum absolute atomic E-state index is 12.9. The van der Waals surface area contributed by atoms with Crippen molar-refractivity contribution in [3.8, 4) is 11.5 Å². The van der Waals surface area contributed by atoms with E-state index in [1.54, 1.807) is 29.0 Å². The van der Waals surface area contributed by atoms with E-state index in [4.69, 9.17) is 0 Å². The standard InChI is InChI=1S/C14H14F2N2O2S/c1-9(11-7-21-8-18-11)17-5-4-10-2-3-12-13(6-10)20-14(15,16)19-12/h2-3,6-9,17H,4-5H2,1H3. The summed E-state index contributed by atoms with van der Waals surface area (Å²) >= 11 is 1.56. The number of benzene rings is 1. The van der Waals surface area contributed by atoms with E-state index in [0.717, 1.165) is 11.3 Å².